The normalized spacial score (nSPS) is 31.0. The highest BCUT2D eigenvalue weighted by molar-refractivity contribution is 6.91. The number of rotatable bonds is 15. The number of carbonyl (C=O) groups is 3. The fourth-order valence-corrected chi connectivity index (χ4v) is 15.3. The number of aliphatic hydroxyl groups is 9. The van der Waals surface area contributed by atoms with Crippen LogP contribution in [0.25, 0.3) is 0 Å². The zero-order chi connectivity index (χ0) is 53.7. The molecule has 5 aromatic rings. The van der Waals surface area contributed by atoms with Gasteiger partial charge in [-0.15, -0.1) is 5.10 Å². The van der Waals surface area contributed by atoms with Crippen molar-refractivity contribution >= 4 is 48.0 Å². The van der Waals surface area contributed by atoms with Gasteiger partial charge in [0.05, 0.1) is 51.7 Å². The van der Waals surface area contributed by atoms with Crippen molar-refractivity contribution in [3.8, 4) is 5.75 Å². The molecule has 1 spiro atoms. The van der Waals surface area contributed by atoms with Crippen molar-refractivity contribution in [3.05, 3.63) is 126 Å². The number of aryl methyl sites for hydroxylation is 1. The highest BCUT2D eigenvalue weighted by Crippen LogP contribution is 2.60. The van der Waals surface area contributed by atoms with Gasteiger partial charge in [0.15, 0.2) is 30.4 Å². The van der Waals surface area contributed by atoms with Crippen molar-refractivity contribution in [2.45, 2.75) is 124 Å². The van der Waals surface area contributed by atoms with E-state index in [1.54, 1.807) is 59.3 Å². The first-order valence-corrected chi connectivity index (χ1v) is 27.7. The molecule has 0 aliphatic carbocycles. The van der Waals surface area contributed by atoms with Gasteiger partial charge in [-0.3, -0.25) is 19.1 Å². The lowest BCUT2D eigenvalue weighted by Gasteiger charge is -2.37. The van der Waals surface area contributed by atoms with Crippen LogP contribution < -0.4 is 25.5 Å². The molecule has 11 N–H and O–H groups in total. The van der Waals surface area contributed by atoms with Gasteiger partial charge in [0, 0.05) is 35.6 Å². The van der Waals surface area contributed by atoms with Crippen molar-refractivity contribution in [3.63, 3.8) is 0 Å². The number of benzene rings is 4. The molecule has 3 fully saturated rings. The zero-order valence-electron chi connectivity index (χ0n) is 41.4. The Labute approximate surface area is 431 Å². The standard InChI is InChI=1S/C52H62N6O16Si/c1-26-46(75(3,4)32-16-14-31(71-2)15-17-32)37(19-20-57-24-35(55-56-57)33(25-59)28-10-6-5-7-11-28)74-52(26)34-22-30(54-48(67)45-41(63)39(61)43(65)50(69)73-45)13-18-36(34)58(51(52)70)23-27-9-8-12-29(21-27)53-47(66)44-40(62)38(60)42(64)49(68)72-44/h5-18,21-22,24,26,33,37-46,49-50,59-65,68-69H,19-20,23,25H2,1-4H3,(H,53,66)(H,54,67)/t26-,33?,37+,38+,39+,40+,41+,42-,43-,44+,45+,46-,49-,50-,52+/m1/s1. The molecule has 0 radical (unpaired) electrons. The fraction of sp³-hybridized carbons (Fsp3) is 0.442. The van der Waals surface area contributed by atoms with Crippen molar-refractivity contribution in [2.24, 2.45) is 5.92 Å². The summed E-state index contributed by atoms with van der Waals surface area (Å²) < 4.78 is 24.9. The highest BCUT2D eigenvalue weighted by atomic mass is 28.3. The van der Waals surface area contributed by atoms with Crippen molar-refractivity contribution in [1.82, 2.24) is 15.0 Å². The van der Waals surface area contributed by atoms with Crippen LogP contribution in [0.15, 0.2) is 103 Å². The monoisotopic (exact) mass is 1050 g/mol. The van der Waals surface area contributed by atoms with E-state index < -0.39 is 111 Å². The van der Waals surface area contributed by atoms with E-state index in [0.29, 0.717) is 41.2 Å². The van der Waals surface area contributed by atoms with Gasteiger partial charge < -0.3 is 80.4 Å². The zero-order valence-corrected chi connectivity index (χ0v) is 42.4. The third-order valence-corrected chi connectivity index (χ3v) is 19.6. The van der Waals surface area contributed by atoms with Crippen LogP contribution >= 0.6 is 0 Å². The maximum Gasteiger partial charge on any atom is 0.264 e. The van der Waals surface area contributed by atoms with Crippen molar-refractivity contribution < 1.29 is 79.3 Å². The van der Waals surface area contributed by atoms with E-state index in [1.807, 2.05) is 61.5 Å². The molecular weight excluding hydrogens is 993 g/mol. The first kappa shape index (κ1) is 53.8. The number of fused-ring (bicyclic) bond motifs is 2. The summed E-state index contributed by atoms with van der Waals surface area (Å²) in [6.45, 7) is 6.46. The van der Waals surface area contributed by atoms with Crippen molar-refractivity contribution in [2.75, 3.05) is 29.3 Å². The van der Waals surface area contributed by atoms with Gasteiger partial charge in [0.1, 0.15) is 42.4 Å². The van der Waals surface area contributed by atoms with E-state index in [4.69, 9.17) is 18.9 Å². The van der Waals surface area contributed by atoms with Gasteiger partial charge in [0.2, 0.25) is 0 Å². The quantitative estimate of drug-likeness (QED) is 0.0602. The number of hydrogen-bond donors (Lipinski definition) is 11. The number of carbonyl (C=O) groups excluding carboxylic acids is 3. The van der Waals surface area contributed by atoms with Crippen LogP contribution in [0.1, 0.15) is 41.6 Å². The molecule has 5 heterocycles. The maximum atomic E-state index is 15.8. The number of aliphatic hydroxyl groups excluding tert-OH is 9. The van der Waals surface area contributed by atoms with Crippen LogP contribution in [0.5, 0.6) is 5.75 Å². The molecular formula is C52H62N6O16Si. The Bertz CT molecular complexity index is 2860. The van der Waals surface area contributed by atoms with Crippen LogP contribution in [0.3, 0.4) is 0 Å². The molecule has 3 saturated heterocycles. The van der Waals surface area contributed by atoms with Crippen LogP contribution in [0, 0.1) is 5.92 Å². The summed E-state index contributed by atoms with van der Waals surface area (Å²) in [5.41, 5.74) is 1.17. The lowest BCUT2D eigenvalue weighted by Crippen LogP contribution is -2.60. The summed E-state index contributed by atoms with van der Waals surface area (Å²) in [6.07, 6.45) is -17.2. The Balaban J connectivity index is 1.08. The average Bonchev–Trinajstić information content (AvgIpc) is 4.06. The molecule has 3 amide bonds. The first-order valence-electron chi connectivity index (χ1n) is 24.6. The van der Waals surface area contributed by atoms with E-state index in [1.165, 1.54) is 6.07 Å². The number of aromatic nitrogens is 3. The summed E-state index contributed by atoms with van der Waals surface area (Å²) in [7, 11) is -1.13. The van der Waals surface area contributed by atoms with Gasteiger partial charge in [-0.2, -0.15) is 0 Å². The minimum Gasteiger partial charge on any atom is -0.497 e. The minimum absolute atomic E-state index is 0.0741. The summed E-state index contributed by atoms with van der Waals surface area (Å²) in [6, 6.07) is 28.6. The number of amides is 3. The van der Waals surface area contributed by atoms with Crippen LogP contribution in [-0.2, 0) is 47.3 Å². The van der Waals surface area contributed by atoms with Crippen LogP contribution in [0.4, 0.5) is 17.1 Å². The number of methoxy groups -OCH3 is 1. The Kier molecular flexibility index (Phi) is 15.4. The molecule has 9 rings (SSSR count). The summed E-state index contributed by atoms with van der Waals surface area (Å²) >= 11 is 0. The number of hydrogen-bond acceptors (Lipinski definition) is 18. The number of nitrogens with one attached hydrogen (secondary N) is 2. The molecule has 75 heavy (non-hydrogen) atoms. The Morgan fingerprint density at radius 1 is 0.773 bits per heavy atom. The molecule has 4 aromatic carbocycles. The number of ether oxygens (including phenoxy) is 4. The smallest absolute Gasteiger partial charge is 0.264 e. The molecule has 1 unspecified atom stereocenters. The largest absolute Gasteiger partial charge is 0.497 e. The molecule has 22 nitrogen and oxygen atoms in total. The number of nitrogens with zero attached hydrogens (tertiary/aromatic N) is 4. The van der Waals surface area contributed by atoms with E-state index in [9.17, 15) is 55.5 Å². The summed E-state index contributed by atoms with van der Waals surface area (Å²) in [5.74, 6) is -2.62. The molecule has 23 heteroatoms. The molecule has 400 valence electrons. The Morgan fingerprint density at radius 2 is 1.39 bits per heavy atom. The lowest BCUT2D eigenvalue weighted by molar-refractivity contribution is -0.274. The minimum atomic E-state index is -2.72. The van der Waals surface area contributed by atoms with Gasteiger partial charge >= 0.3 is 0 Å². The summed E-state index contributed by atoms with van der Waals surface area (Å²) in [4.78, 5) is 44.5. The molecule has 4 aliphatic heterocycles. The first-order chi connectivity index (χ1) is 35.8. The predicted octanol–water partition coefficient (Wildman–Crippen LogP) is -0.259. The van der Waals surface area contributed by atoms with E-state index in [-0.39, 0.29) is 30.1 Å². The van der Waals surface area contributed by atoms with E-state index in [0.717, 1.165) is 10.8 Å². The lowest BCUT2D eigenvalue weighted by atomic mass is 9.82. The van der Waals surface area contributed by atoms with Crippen molar-refractivity contribution in [1.29, 1.82) is 0 Å². The average molecular weight is 1060 g/mol. The SMILES string of the molecule is COc1ccc([Si](C)(C)[C@H]2[C@H](CCn3cc(C(CO)c4ccccc4)nn3)O[C@@]3(C(=O)N(Cc4cccc(NC(=O)[C@H]5O[C@@H](O)[C@H](O)[C@@H](O)[C@@H]5O)c4)c4ccc(NC(=O)[C@H]5O[C@@H](O)[C@H](O)[C@@H](O)[C@@H]5O)cc43)[C@@H]2C)cc1. The second-order valence-electron chi connectivity index (χ2n) is 20.1. The third-order valence-electron chi connectivity index (χ3n) is 15.3. The second kappa shape index (κ2) is 21.5. The maximum absolute atomic E-state index is 15.8. The van der Waals surface area contributed by atoms with Gasteiger partial charge in [-0.25, -0.2) is 0 Å². The molecule has 1 aromatic heterocycles. The topological polar surface area (TPSA) is 328 Å². The predicted molar refractivity (Wildman–Crippen MR) is 269 cm³/mol. The van der Waals surface area contributed by atoms with E-state index >= 15 is 4.79 Å². The molecule has 0 bridgehead atoms. The highest BCUT2D eigenvalue weighted by Gasteiger charge is 2.66. The third kappa shape index (κ3) is 10.0. The van der Waals surface area contributed by atoms with E-state index in [2.05, 4.69) is 34.0 Å². The molecule has 4 aliphatic rings. The van der Waals surface area contributed by atoms with Gasteiger partial charge in [0.25, 0.3) is 17.7 Å². The number of anilines is 3. The molecule has 15 atom stereocenters. The van der Waals surface area contributed by atoms with Crippen LogP contribution in [0.2, 0.25) is 18.6 Å². The second-order valence-corrected chi connectivity index (χ2v) is 24.8. The van der Waals surface area contributed by atoms with Crippen LogP contribution in [-0.4, -0.2) is 168 Å². The van der Waals surface area contributed by atoms with Gasteiger partial charge in [-0.1, -0.05) is 85.0 Å². The molecule has 0 saturated carbocycles. The Hall–Kier alpha value is -6.03. The fourth-order valence-electron chi connectivity index (χ4n) is 11.2. The van der Waals surface area contributed by atoms with Gasteiger partial charge in [-0.05, 0) is 65.6 Å². The summed E-state index contributed by atoms with van der Waals surface area (Å²) in [5, 5.41) is 108. The Morgan fingerprint density at radius 3 is 1.99 bits per heavy atom.